The maximum absolute atomic E-state index is 13.1. The fourth-order valence-corrected chi connectivity index (χ4v) is 4.29. The molecule has 3 aromatic carbocycles. The molecule has 1 aliphatic rings. The summed E-state index contributed by atoms with van der Waals surface area (Å²) in [5, 5.41) is 15.7. The van der Waals surface area contributed by atoms with Gasteiger partial charge < -0.3 is 9.73 Å². The number of amides is 2. The standard InChI is InChI=1S/C30H27N5O3/c1-19-11-13-21(14-12-19)29(36)35-34-25-9-6-10-26-27(25)20(2)28(38-26)30(37)31-22-15-17-24(18-16-22)33-32-23-7-4-3-5-8-23/h3-5,7-8,11-18H,6,9-10H2,1-2H3,(H,31,37)(H,35,36)/b33-32?,34-25+. The van der Waals surface area contributed by atoms with E-state index in [1.807, 2.05) is 56.3 Å². The first-order valence-electron chi connectivity index (χ1n) is 12.4. The Morgan fingerprint density at radius 2 is 1.47 bits per heavy atom. The Labute approximate surface area is 220 Å². The van der Waals surface area contributed by atoms with Crippen LogP contribution in [-0.4, -0.2) is 17.5 Å². The molecule has 38 heavy (non-hydrogen) atoms. The van der Waals surface area contributed by atoms with Crippen molar-refractivity contribution in [2.24, 2.45) is 15.3 Å². The van der Waals surface area contributed by atoms with Crippen LogP contribution in [0.15, 0.2) is 98.6 Å². The number of hydrogen-bond acceptors (Lipinski definition) is 6. The zero-order chi connectivity index (χ0) is 26.5. The van der Waals surface area contributed by atoms with Crippen LogP contribution in [0, 0.1) is 13.8 Å². The molecule has 1 aromatic heterocycles. The Morgan fingerprint density at radius 3 is 2.18 bits per heavy atom. The second kappa shape index (κ2) is 11.0. The van der Waals surface area contributed by atoms with Crippen LogP contribution in [-0.2, 0) is 6.42 Å². The van der Waals surface area contributed by atoms with E-state index in [1.54, 1.807) is 36.4 Å². The first-order valence-corrected chi connectivity index (χ1v) is 12.4. The van der Waals surface area contributed by atoms with Crippen molar-refractivity contribution in [1.29, 1.82) is 0 Å². The van der Waals surface area contributed by atoms with Crippen molar-refractivity contribution in [3.05, 3.63) is 113 Å². The summed E-state index contributed by atoms with van der Waals surface area (Å²) in [6, 6.07) is 23.9. The van der Waals surface area contributed by atoms with Gasteiger partial charge in [-0.05, 0) is 75.2 Å². The molecule has 2 N–H and O–H groups in total. The van der Waals surface area contributed by atoms with Crippen molar-refractivity contribution >= 4 is 34.6 Å². The minimum Gasteiger partial charge on any atom is -0.455 e. The van der Waals surface area contributed by atoms with Crippen LogP contribution in [0.5, 0.6) is 0 Å². The van der Waals surface area contributed by atoms with E-state index in [0.29, 0.717) is 46.8 Å². The van der Waals surface area contributed by atoms with Crippen LogP contribution in [0.4, 0.5) is 17.1 Å². The van der Waals surface area contributed by atoms with E-state index >= 15 is 0 Å². The highest BCUT2D eigenvalue weighted by Gasteiger charge is 2.28. The second-order valence-corrected chi connectivity index (χ2v) is 9.11. The van der Waals surface area contributed by atoms with Crippen molar-refractivity contribution in [2.75, 3.05) is 5.32 Å². The quantitative estimate of drug-likeness (QED) is 0.217. The average molecular weight is 506 g/mol. The summed E-state index contributed by atoms with van der Waals surface area (Å²) in [4.78, 5) is 25.6. The van der Waals surface area contributed by atoms with Gasteiger partial charge >= 0.3 is 0 Å². The summed E-state index contributed by atoms with van der Waals surface area (Å²) in [6.07, 6.45) is 2.20. The largest absolute Gasteiger partial charge is 0.455 e. The number of aryl methyl sites for hydroxylation is 2. The van der Waals surface area contributed by atoms with Crippen LogP contribution in [0.25, 0.3) is 0 Å². The van der Waals surface area contributed by atoms with Crippen molar-refractivity contribution in [2.45, 2.75) is 33.1 Å². The molecule has 0 spiro atoms. The third-order valence-electron chi connectivity index (χ3n) is 6.30. The van der Waals surface area contributed by atoms with E-state index in [9.17, 15) is 9.59 Å². The van der Waals surface area contributed by atoms with Crippen LogP contribution >= 0.6 is 0 Å². The summed E-state index contributed by atoms with van der Waals surface area (Å²) in [7, 11) is 0. The van der Waals surface area contributed by atoms with Crippen LogP contribution in [0.1, 0.15) is 56.2 Å². The molecule has 8 heteroatoms. The van der Waals surface area contributed by atoms with E-state index in [0.717, 1.165) is 23.2 Å². The molecule has 0 unspecified atom stereocenters. The first-order chi connectivity index (χ1) is 18.5. The average Bonchev–Trinajstić information content (AvgIpc) is 3.29. The molecule has 1 aliphatic carbocycles. The molecule has 0 bridgehead atoms. The molecule has 190 valence electrons. The summed E-state index contributed by atoms with van der Waals surface area (Å²) in [6.45, 7) is 3.81. The molecule has 5 rings (SSSR count). The fourth-order valence-electron chi connectivity index (χ4n) is 4.29. The highest BCUT2D eigenvalue weighted by molar-refractivity contribution is 6.09. The van der Waals surface area contributed by atoms with Crippen molar-refractivity contribution < 1.29 is 14.0 Å². The highest BCUT2D eigenvalue weighted by Crippen LogP contribution is 2.30. The van der Waals surface area contributed by atoms with E-state index in [1.165, 1.54) is 0 Å². The van der Waals surface area contributed by atoms with E-state index < -0.39 is 0 Å². The van der Waals surface area contributed by atoms with Gasteiger partial charge in [-0.1, -0.05) is 35.9 Å². The maximum atomic E-state index is 13.1. The summed E-state index contributed by atoms with van der Waals surface area (Å²) in [5.41, 5.74) is 8.52. The molecular formula is C30H27N5O3. The Bertz CT molecular complexity index is 1520. The predicted octanol–water partition coefficient (Wildman–Crippen LogP) is 7.03. The van der Waals surface area contributed by atoms with Gasteiger partial charge in [0, 0.05) is 28.8 Å². The molecule has 0 aliphatic heterocycles. The van der Waals surface area contributed by atoms with Crippen molar-refractivity contribution in [3.8, 4) is 0 Å². The van der Waals surface area contributed by atoms with Gasteiger partial charge in [0.15, 0.2) is 5.76 Å². The fraction of sp³-hybridized carbons (Fsp3) is 0.167. The number of furan rings is 1. The number of anilines is 1. The number of rotatable bonds is 6. The van der Waals surface area contributed by atoms with Gasteiger partial charge in [-0.15, -0.1) is 0 Å². The zero-order valence-electron chi connectivity index (χ0n) is 21.2. The first kappa shape index (κ1) is 24.8. The summed E-state index contributed by atoms with van der Waals surface area (Å²) < 4.78 is 5.98. The number of hydrazone groups is 1. The number of carbonyl (C=O) groups is 2. The lowest BCUT2D eigenvalue weighted by Crippen LogP contribution is -2.22. The Hall–Kier alpha value is -4.85. The molecule has 8 nitrogen and oxygen atoms in total. The van der Waals surface area contributed by atoms with Crippen LogP contribution in [0.3, 0.4) is 0 Å². The van der Waals surface area contributed by atoms with Gasteiger partial charge in [0.25, 0.3) is 11.8 Å². The topological polar surface area (TPSA) is 108 Å². The SMILES string of the molecule is Cc1ccc(C(=O)N/N=C2\CCCc3oc(C(=O)Nc4ccc(N=Nc5ccccc5)cc4)c(C)c32)cc1. The molecule has 4 aromatic rings. The van der Waals surface area contributed by atoms with Gasteiger partial charge in [0.05, 0.1) is 17.1 Å². The Kier molecular flexibility index (Phi) is 7.21. The molecule has 0 saturated carbocycles. The third-order valence-corrected chi connectivity index (χ3v) is 6.30. The smallest absolute Gasteiger partial charge is 0.291 e. The number of hydrogen-bond donors (Lipinski definition) is 2. The zero-order valence-corrected chi connectivity index (χ0v) is 21.2. The molecule has 0 atom stereocenters. The molecule has 2 amide bonds. The maximum Gasteiger partial charge on any atom is 0.291 e. The number of fused-ring (bicyclic) bond motifs is 1. The Balaban J connectivity index is 1.28. The number of benzene rings is 3. The number of carbonyl (C=O) groups excluding carboxylic acids is 2. The predicted molar refractivity (Wildman–Crippen MR) is 147 cm³/mol. The van der Waals surface area contributed by atoms with Gasteiger partial charge in [-0.2, -0.15) is 15.3 Å². The number of nitrogens with one attached hydrogen (secondary N) is 2. The molecule has 0 radical (unpaired) electrons. The van der Waals surface area contributed by atoms with Crippen LogP contribution in [0.2, 0.25) is 0 Å². The van der Waals surface area contributed by atoms with Gasteiger partial charge in [0.2, 0.25) is 0 Å². The summed E-state index contributed by atoms with van der Waals surface area (Å²) in [5.74, 6) is 0.315. The van der Waals surface area contributed by atoms with E-state index in [2.05, 4.69) is 26.1 Å². The van der Waals surface area contributed by atoms with Crippen molar-refractivity contribution in [1.82, 2.24) is 5.43 Å². The van der Waals surface area contributed by atoms with Crippen molar-refractivity contribution in [3.63, 3.8) is 0 Å². The third kappa shape index (κ3) is 5.59. The van der Waals surface area contributed by atoms with Gasteiger partial charge in [-0.3, -0.25) is 9.59 Å². The second-order valence-electron chi connectivity index (χ2n) is 9.11. The van der Waals surface area contributed by atoms with Gasteiger partial charge in [0.1, 0.15) is 5.76 Å². The monoisotopic (exact) mass is 505 g/mol. The lowest BCUT2D eigenvalue weighted by atomic mass is 9.93. The highest BCUT2D eigenvalue weighted by atomic mass is 16.4. The van der Waals surface area contributed by atoms with E-state index in [4.69, 9.17) is 4.42 Å². The molecule has 0 saturated heterocycles. The van der Waals surface area contributed by atoms with E-state index in [-0.39, 0.29) is 17.6 Å². The minimum absolute atomic E-state index is 0.238. The number of azo groups is 1. The van der Waals surface area contributed by atoms with Crippen LogP contribution < -0.4 is 10.7 Å². The normalized spacial score (nSPS) is 13.9. The molecular weight excluding hydrogens is 478 g/mol. The lowest BCUT2D eigenvalue weighted by molar-refractivity contribution is 0.0953. The lowest BCUT2D eigenvalue weighted by Gasteiger charge is -2.13. The molecule has 0 fully saturated rings. The van der Waals surface area contributed by atoms with Gasteiger partial charge in [-0.25, -0.2) is 5.43 Å². The molecule has 1 heterocycles. The Morgan fingerprint density at radius 1 is 0.789 bits per heavy atom. The summed E-state index contributed by atoms with van der Waals surface area (Å²) >= 11 is 0. The number of nitrogens with zero attached hydrogens (tertiary/aromatic N) is 3. The minimum atomic E-state index is -0.349.